The summed E-state index contributed by atoms with van der Waals surface area (Å²) in [5.41, 5.74) is 1.10. The first-order valence-corrected chi connectivity index (χ1v) is 10.4. The van der Waals surface area contributed by atoms with Crippen molar-refractivity contribution < 1.29 is 38.4 Å². The highest BCUT2D eigenvalue weighted by Crippen LogP contribution is 2.32. The summed E-state index contributed by atoms with van der Waals surface area (Å²) < 4.78 is 29.3. The fourth-order valence-corrected chi connectivity index (χ4v) is 3.25. The Morgan fingerprint density at radius 3 is 2.29 bits per heavy atom. The van der Waals surface area contributed by atoms with Gasteiger partial charge in [0.25, 0.3) is 0 Å². The highest BCUT2D eigenvalue weighted by atomic mass is 19.1. The van der Waals surface area contributed by atoms with Gasteiger partial charge in [-0.2, -0.15) is 0 Å². The van der Waals surface area contributed by atoms with Crippen LogP contribution in [-0.4, -0.2) is 54.2 Å². The number of aromatic hydroxyl groups is 1. The van der Waals surface area contributed by atoms with E-state index in [1.54, 1.807) is 18.2 Å². The van der Waals surface area contributed by atoms with Gasteiger partial charge in [0.1, 0.15) is 23.7 Å². The van der Waals surface area contributed by atoms with E-state index in [2.05, 4.69) is 4.98 Å². The average Bonchev–Trinajstić information content (AvgIpc) is 2.86. The Labute approximate surface area is 195 Å². The summed E-state index contributed by atoms with van der Waals surface area (Å²) >= 11 is 0. The molecule has 3 aromatic rings. The second kappa shape index (κ2) is 11.2. The summed E-state index contributed by atoms with van der Waals surface area (Å²) in [5.74, 6) is -0.879. The Balaban J connectivity index is 1.74. The SMILES string of the molecule is COc1cc(C(=O)CCC(=O)c2ccc(OC)c(-c3ccc(F)c(O)c3)n2)ccc1OCCO. The van der Waals surface area contributed by atoms with Crippen molar-refractivity contribution in [2.24, 2.45) is 0 Å². The molecule has 2 aromatic carbocycles. The van der Waals surface area contributed by atoms with Crippen LogP contribution in [0.25, 0.3) is 11.3 Å². The lowest BCUT2D eigenvalue weighted by atomic mass is 10.0. The van der Waals surface area contributed by atoms with E-state index in [9.17, 15) is 19.1 Å². The lowest BCUT2D eigenvalue weighted by molar-refractivity contribution is 0.0914. The number of phenols is 1. The Morgan fingerprint density at radius 2 is 1.62 bits per heavy atom. The maximum absolute atomic E-state index is 13.4. The van der Waals surface area contributed by atoms with Crippen LogP contribution in [0.1, 0.15) is 33.7 Å². The molecule has 1 heterocycles. The second-order valence-corrected chi connectivity index (χ2v) is 7.20. The van der Waals surface area contributed by atoms with E-state index < -0.39 is 11.6 Å². The van der Waals surface area contributed by atoms with Crippen LogP contribution in [0, 0.1) is 5.82 Å². The average molecular weight is 469 g/mol. The predicted molar refractivity (Wildman–Crippen MR) is 121 cm³/mol. The molecule has 0 bridgehead atoms. The molecular formula is C25H24FNO7. The molecule has 0 unspecified atom stereocenters. The molecule has 0 atom stereocenters. The van der Waals surface area contributed by atoms with Crippen molar-refractivity contribution in [3.05, 3.63) is 65.6 Å². The molecule has 178 valence electrons. The van der Waals surface area contributed by atoms with Gasteiger partial charge >= 0.3 is 0 Å². The van der Waals surface area contributed by atoms with Crippen molar-refractivity contribution in [3.8, 4) is 34.3 Å². The minimum Gasteiger partial charge on any atom is -0.505 e. The minimum absolute atomic E-state index is 0.0563. The number of hydrogen-bond acceptors (Lipinski definition) is 8. The summed E-state index contributed by atoms with van der Waals surface area (Å²) in [5, 5.41) is 18.6. The first-order valence-electron chi connectivity index (χ1n) is 10.4. The third kappa shape index (κ3) is 5.68. The van der Waals surface area contributed by atoms with E-state index in [1.165, 1.54) is 38.5 Å². The number of Topliss-reactive ketones (excluding diaryl/α,β-unsaturated/α-hetero) is 2. The van der Waals surface area contributed by atoms with Gasteiger partial charge < -0.3 is 24.4 Å². The largest absolute Gasteiger partial charge is 0.505 e. The number of ether oxygens (including phenoxy) is 3. The fraction of sp³-hybridized carbons (Fsp3) is 0.240. The standard InChI is InChI=1S/C25H24FNO7/c1-32-23-10-6-18(27-25(23)16-3-5-17(26)21(31)13-16)20(30)8-7-19(29)15-4-9-22(34-12-11-28)24(14-15)33-2/h3-6,9-10,13-14,28,31H,7-8,11-12H2,1-2H3. The van der Waals surface area contributed by atoms with Crippen molar-refractivity contribution in [1.29, 1.82) is 0 Å². The van der Waals surface area contributed by atoms with Crippen molar-refractivity contribution >= 4 is 11.6 Å². The highest BCUT2D eigenvalue weighted by molar-refractivity contribution is 6.02. The van der Waals surface area contributed by atoms with E-state index in [-0.39, 0.29) is 49.0 Å². The molecule has 0 spiro atoms. The number of ketones is 2. The summed E-state index contributed by atoms with van der Waals surface area (Å²) in [6.45, 7) is -0.0675. The summed E-state index contributed by atoms with van der Waals surface area (Å²) in [4.78, 5) is 29.7. The first-order chi connectivity index (χ1) is 16.4. The number of phenolic OH excluding ortho intramolecular Hbond substituents is 1. The number of nitrogens with zero attached hydrogens (tertiary/aromatic N) is 1. The number of halogens is 1. The molecule has 1 aromatic heterocycles. The molecule has 34 heavy (non-hydrogen) atoms. The summed E-state index contributed by atoms with van der Waals surface area (Å²) in [7, 11) is 2.87. The Bertz CT molecular complexity index is 1200. The third-order valence-corrected chi connectivity index (χ3v) is 5.00. The molecule has 9 heteroatoms. The van der Waals surface area contributed by atoms with Gasteiger partial charge in [-0.25, -0.2) is 9.37 Å². The predicted octanol–water partition coefficient (Wildman–Crippen LogP) is 3.83. The quantitative estimate of drug-likeness (QED) is 0.407. The first kappa shape index (κ1) is 24.7. The van der Waals surface area contributed by atoms with Gasteiger partial charge in [0.15, 0.2) is 34.6 Å². The topological polar surface area (TPSA) is 115 Å². The fourth-order valence-electron chi connectivity index (χ4n) is 3.25. The number of carbonyl (C=O) groups is 2. The Hall–Kier alpha value is -3.98. The third-order valence-electron chi connectivity index (χ3n) is 5.00. The maximum Gasteiger partial charge on any atom is 0.181 e. The molecule has 0 saturated heterocycles. The molecule has 0 aliphatic heterocycles. The number of methoxy groups -OCH3 is 2. The maximum atomic E-state index is 13.4. The lowest BCUT2D eigenvalue weighted by Crippen LogP contribution is -2.08. The van der Waals surface area contributed by atoms with Crippen LogP contribution in [0.4, 0.5) is 4.39 Å². The molecule has 0 aliphatic rings. The second-order valence-electron chi connectivity index (χ2n) is 7.20. The van der Waals surface area contributed by atoms with Crippen molar-refractivity contribution in [2.75, 3.05) is 27.4 Å². The van der Waals surface area contributed by atoms with Crippen LogP contribution in [-0.2, 0) is 0 Å². The molecule has 2 N–H and O–H groups in total. The molecular weight excluding hydrogens is 445 g/mol. The van der Waals surface area contributed by atoms with E-state index in [0.29, 0.717) is 28.4 Å². The van der Waals surface area contributed by atoms with Crippen molar-refractivity contribution in [2.45, 2.75) is 12.8 Å². The number of rotatable bonds is 11. The van der Waals surface area contributed by atoms with E-state index in [1.807, 2.05) is 0 Å². The number of benzene rings is 2. The van der Waals surface area contributed by atoms with Gasteiger partial charge in [0.2, 0.25) is 0 Å². The smallest absolute Gasteiger partial charge is 0.181 e. The lowest BCUT2D eigenvalue weighted by Gasteiger charge is -2.11. The Kier molecular flexibility index (Phi) is 8.15. The molecule has 8 nitrogen and oxygen atoms in total. The van der Waals surface area contributed by atoms with Crippen LogP contribution in [0.3, 0.4) is 0 Å². The minimum atomic E-state index is -0.780. The normalized spacial score (nSPS) is 10.6. The molecule has 0 amide bonds. The number of aliphatic hydroxyl groups is 1. The van der Waals surface area contributed by atoms with Gasteiger partial charge in [-0.3, -0.25) is 9.59 Å². The molecule has 0 fully saturated rings. The number of carbonyl (C=O) groups excluding carboxylic acids is 2. The number of hydrogen-bond donors (Lipinski definition) is 2. The van der Waals surface area contributed by atoms with E-state index >= 15 is 0 Å². The van der Waals surface area contributed by atoms with Crippen LogP contribution in [0.15, 0.2) is 48.5 Å². The van der Waals surface area contributed by atoms with Crippen LogP contribution < -0.4 is 14.2 Å². The van der Waals surface area contributed by atoms with Crippen LogP contribution in [0.5, 0.6) is 23.0 Å². The van der Waals surface area contributed by atoms with Gasteiger partial charge in [0.05, 0.1) is 20.8 Å². The molecule has 0 radical (unpaired) electrons. The van der Waals surface area contributed by atoms with E-state index in [0.717, 1.165) is 6.07 Å². The van der Waals surface area contributed by atoms with Gasteiger partial charge in [-0.05, 0) is 48.5 Å². The molecule has 3 rings (SSSR count). The highest BCUT2D eigenvalue weighted by Gasteiger charge is 2.18. The number of aromatic nitrogens is 1. The van der Waals surface area contributed by atoms with Crippen molar-refractivity contribution in [3.63, 3.8) is 0 Å². The zero-order chi connectivity index (χ0) is 24.7. The van der Waals surface area contributed by atoms with Gasteiger partial charge in [-0.1, -0.05) is 0 Å². The van der Waals surface area contributed by atoms with E-state index in [4.69, 9.17) is 19.3 Å². The number of aliphatic hydroxyl groups excluding tert-OH is 1. The monoisotopic (exact) mass is 469 g/mol. The number of pyridine rings is 1. The summed E-state index contributed by atoms with van der Waals surface area (Å²) in [6, 6.07) is 11.4. The molecule has 0 aliphatic carbocycles. The zero-order valence-corrected chi connectivity index (χ0v) is 18.7. The zero-order valence-electron chi connectivity index (χ0n) is 18.7. The summed E-state index contributed by atoms with van der Waals surface area (Å²) in [6.07, 6.45) is -0.142. The Morgan fingerprint density at radius 1 is 0.912 bits per heavy atom. The van der Waals surface area contributed by atoms with Gasteiger partial charge in [-0.15, -0.1) is 0 Å². The van der Waals surface area contributed by atoms with Crippen LogP contribution in [0.2, 0.25) is 0 Å². The van der Waals surface area contributed by atoms with Crippen LogP contribution >= 0.6 is 0 Å². The molecule has 0 saturated carbocycles. The van der Waals surface area contributed by atoms with Gasteiger partial charge in [0, 0.05) is 24.0 Å². The van der Waals surface area contributed by atoms with Crippen molar-refractivity contribution in [1.82, 2.24) is 4.98 Å².